The van der Waals surface area contributed by atoms with Gasteiger partial charge in [0.25, 0.3) is 0 Å². The summed E-state index contributed by atoms with van der Waals surface area (Å²) in [4.78, 5) is 25.4. The van der Waals surface area contributed by atoms with Crippen molar-refractivity contribution in [3.63, 3.8) is 0 Å². The molecule has 0 radical (unpaired) electrons. The SMILES string of the molecule is COC(=O)N[C@H](c1ccccc1)[C@@H]1CCCCN1C(C)=O. The topological polar surface area (TPSA) is 58.6 Å². The van der Waals surface area contributed by atoms with Crippen LogP contribution in [0.15, 0.2) is 30.3 Å². The van der Waals surface area contributed by atoms with Crippen molar-refractivity contribution in [3.05, 3.63) is 35.9 Å². The Morgan fingerprint density at radius 1 is 1.29 bits per heavy atom. The van der Waals surface area contributed by atoms with E-state index in [9.17, 15) is 9.59 Å². The predicted molar refractivity (Wildman–Crippen MR) is 79.7 cm³/mol. The van der Waals surface area contributed by atoms with Crippen molar-refractivity contribution in [2.75, 3.05) is 13.7 Å². The van der Waals surface area contributed by atoms with E-state index < -0.39 is 6.09 Å². The van der Waals surface area contributed by atoms with Crippen molar-refractivity contribution in [1.82, 2.24) is 10.2 Å². The lowest BCUT2D eigenvalue weighted by atomic mass is 9.91. The van der Waals surface area contributed by atoms with E-state index in [1.54, 1.807) is 6.92 Å². The van der Waals surface area contributed by atoms with Crippen LogP contribution in [-0.4, -0.2) is 36.6 Å². The molecule has 1 aromatic rings. The highest BCUT2D eigenvalue weighted by Crippen LogP contribution is 2.29. The summed E-state index contributed by atoms with van der Waals surface area (Å²) in [6.07, 6.45) is 2.47. The molecule has 0 saturated carbocycles. The van der Waals surface area contributed by atoms with Gasteiger partial charge in [0.2, 0.25) is 5.91 Å². The van der Waals surface area contributed by atoms with Crippen LogP contribution < -0.4 is 5.32 Å². The van der Waals surface area contributed by atoms with Crippen LogP contribution in [0.5, 0.6) is 0 Å². The van der Waals surface area contributed by atoms with Crippen LogP contribution in [0, 0.1) is 0 Å². The number of benzene rings is 1. The molecule has 5 nitrogen and oxygen atoms in total. The number of carbonyl (C=O) groups is 2. The second kappa shape index (κ2) is 7.11. The number of carbonyl (C=O) groups excluding carboxylic acids is 2. The molecule has 0 spiro atoms. The number of nitrogens with one attached hydrogen (secondary N) is 1. The van der Waals surface area contributed by atoms with Gasteiger partial charge < -0.3 is 15.0 Å². The highest BCUT2D eigenvalue weighted by molar-refractivity contribution is 5.74. The lowest BCUT2D eigenvalue weighted by Gasteiger charge is -2.40. The molecule has 1 fully saturated rings. The highest BCUT2D eigenvalue weighted by Gasteiger charge is 2.33. The van der Waals surface area contributed by atoms with Crippen molar-refractivity contribution in [1.29, 1.82) is 0 Å². The molecular formula is C16H22N2O3. The van der Waals surface area contributed by atoms with Crippen LogP contribution in [0.25, 0.3) is 0 Å². The largest absolute Gasteiger partial charge is 0.453 e. The van der Waals surface area contributed by atoms with E-state index in [1.807, 2.05) is 35.2 Å². The number of amides is 2. The Morgan fingerprint density at radius 2 is 2.00 bits per heavy atom. The smallest absolute Gasteiger partial charge is 0.407 e. The van der Waals surface area contributed by atoms with Gasteiger partial charge in [0.1, 0.15) is 0 Å². The molecule has 21 heavy (non-hydrogen) atoms. The Kier molecular flexibility index (Phi) is 5.20. The summed E-state index contributed by atoms with van der Waals surface area (Å²) < 4.78 is 4.74. The molecule has 2 rings (SSSR count). The van der Waals surface area contributed by atoms with Gasteiger partial charge >= 0.3 is 6.09 Å². The minimum Gasteiger partial charge on any atom is -0.453 e. The van der Waals surface area contributed by atoms with Crippen LogP contribution in [0.1, 0.15) is 37.8 Å². The molecule has 2 amide bonds. The van der Waals surface area contributed by atoms with Crippen LogP contribution >= 0.6 is 0 Å². The molecule has 1 saturated heterocycles. The number of likely N-dealkylation sites (tertiary alicyclic amines) is 1. The van der Waals surface area contributed by atoms with E-state index >= 15 is 0 Å². The normalized spacial score (nSPS) is 19.7. The van der Waals surface area contributed by atoms with Crippen LogP contribution in [-0.2, 0) is 9.53 Å². The third-order valence-corrected chi connectivity index (χ3v) is 3.96. The van der Waals surface area contributed by atoms with Gasteiger partial charge in [-0.15, -0.1) is 0 Å². The van der Waals surface area contributed by atoms with Gasteiger partial charge in [-0.3, -0.25) is 4.79 Å². The first-order valence-electron chi connectivity index (χ1n) is 7.30. The van der Waals surface area contributed by atoms with Crippen LogP contribution in [0.3, 0.4) is 0 Å². The molecule has 0 bridgehead atoms. The van der Waals surface area contributed by atoms with Gasteiger partial charge in [-0.2, -0.15) is 0 Å². The maximum Gasteiger partial charge on any atom is 0.407 e. The van der Waals surface area contributed by atoms with Crippen molar-refractivity contribution < 1.29 is 14.3 Å². The molecule has 0 aromatic heterocycles. The summed E-state index contributed by atoms with van der Waals surface area (Å²) >= 11 is 0. The maximum absolute atomic E-state index is 11.9. The minimum absolute atomic E-state index is 0.0299. The standard InChI is InChI=1S/C16H22N2O3/c1-12(19)18-11-7-6-10-14(18)15(17-16(20)21-2)13-8-4-3-5-9-13/h3-5,8-9,14-15H,6-7,10-11H2,1-2H3,(H,17,20)/t14-,15+/m0/s1. The zero-order valence-corrected chi connectivity index (χ0v) is 12.5. The fraction of sp³-hybridized carbons (Fsp3) is 0.500. The minimum atomic E-state index is -0.474. The molecule has 1 heterocycles. The Morgan fingerprint density at radius 3 is 2.62 bits per heavy atom. The van der Waals surface area contributed by atoms with E-state index in [0.29, 0.717) is 0 Å². The summed E-state index contributed by atoms with van der Waals surface area (Å²) in [5.74, 6) is 0.0484. The number of piperidine rings is 1. The highest BCUT2D eigenvalue weighted by atomic mass is 16.5. The van der Waals surface area contributed by atoms with Gasteiger partial charge in [-0.25, -0.2) is 4.79 Å². The van der Waals surface area contributed by atoms with Gasteiger partial charge in [-0.05, 0) is 24.8 Å². The lowest BCUT2D eigenvalue weighted by molar-refractivity contribution is -0.133. The fourth-order valence-corrected chi connectivity index (χ4v) is 2.94. The van der Waals surface area contributed by atoms with E-state index in [1.165, 1.54) is 7.11 Å². The molecule has 0 aliphatic carbocycles. The maximum atomic E-state index is 11.9. The number of ether oxygens (including phenoxy) is 1. The van der Waals surface area contributed by atoms with Gasteiger partial charge in [0.05, 0.1) is 19.2 Å². The second-order valence-corrected chi connectivity index (χ2v) is 5.30. The summed E-state index contributed by atoms with van der Waals surface area (Å²) in [6.45, 7) is 2.32. The average molecular weight is 290 g/mol. The van der Waals surface area contributed by atoms with E-state index in [4.69, 9.17) is 4.74 Å². The van der Waals surface area contributed by atoms with E-state index in [2.05, 4.69) is 5.32 Å². The quantitative estimate of drug-likeness (QED) is 0.930. The molecule has 114 valence electrons. The number of hydrogen-bond donors (Lipinski definition) is 1. The molecular weight excluding hydrogens is 268 g/mol. The van der Waals surface area contributed by atoms with Crippen molar-refractivity contribution in [2.45, 2.75) is 38.3 Å². The van der Waals surface area contributed by atoms with Crippen LogP contribution in [0.4, 0.5) is 4.79 Å². The molecule has 1 aliphatic rings. The Hall–Kier alpha value is -2.04. The summed E-state index contributed by atoms with van der Waals surface area (Å²) in [6, 6.07) is 9.45. The zero-order chi connectivity index (χ0) is 15.2. The lowest BCUT2D eigenvalue weighted by Crippen LogP contribution is -2.50. The van der Waals surface area contributed by atoms with E-state index in [0.717, 1.165) is 31.4 Å². The predicted octanol–water partition coefficient (Wildman–Crippen LogP) is 2.48. The first kappa shape index (κ1) is 15.4. The van der Waals surface area contributed by atoms with Crippen LogP contribution in [0.2, 0.25) is 0 Å². The molecule has 5 heteroatoms. The number of nitrogens with zero attached hydrogens (tertiary/aromatic N) is 1. The zero-order valence-electron chi connectivity index (χ0n) is 12.5. The number of methoxy groups -OCH3 is 1. The van der Waals surface area contributed by atoms with Crippen molar-refractivity contribution in [2.24, 2.45) is 0 Å². The molecule has 1 N–H and O–H groups in total. The van der Waals surface area contributed by atoms with Gasteiger partial charge in [-0.1, -0.05) is 30.3 Å². The second-order valence-electron chi connectivity index (χ2n) is 5.30. The first-order valence-corrected chi connectivity index (χ1v) is 7.30. The fourth-order valence-electron chi connectivity index (χ4n) is 2.94. The van der Waals surface area contributed by atoms with Crippen molar-refractivity contribution in [3.8, 4) is 0 Å². The molecule has 1 aliphatic heterocycles. The summed E-state index contributed by atoms with van der Waals surface area (Å²) in [5.41, 5.74) is 0.987. The Labute approximate surface area is 125 Å². The summed E-state index contributed by atoms with van der Waals surface area (Å²) in [5, 5.41) is 2.88. The van der Waals surface area contributed by atoms with E-state index in [-0.39, 0.29) is 18.0 Å². The Bertz CT molecular complexity index is 490. The van der Waals surface area contributed by atoms with Gasteiger partial charge in [0, 0.05) is 13.5 Å². The number of rotatable bonds is 3. The number of alkyl carbamates (subject to hydrolysis) is 1. The monoisotopic (exact) mass is 290 g/mol. The molecule has 0 unspecified atom stereocenters. The number of hydrogen-bond acceptors (Lipinski definition) is 3. The van der Waals surface area contributed by atoms with Crippen molar-refractivity contribution >= 4 is 12.0 Å². The summed E-state index contributed by atoms with van der Waals surface area (Å²) in [7, 11) is 1.35. The molecule has 2 atom stereocenters. The van der Waals surface area contributed by atoms with Gasteiger partial charge in [0.15, 0.2) is 0 Å². The first-order chi connectivity index (χ1) is 10.1. The third-order valence-electron chi connectivity index (χ3n) is 3.96. The average Bonchev–Trinajstić information content (AvgIpc) is 2.53. The Balaban J connectivity index is 2.28. The third kappa shape index (κ3) is 3.74. The molecule has 1 aromatic carbocycles.